The largest absolute Gasteiger partial charge is 0.370 e. The molecule has 0 spiro atoms. The van der Waals surface area contributed by atoms with Crippen LogP contribution in [0.5, 0.6) is 0 Å². The van der Waals surface area contributed by atoms with E-state index in [-0.39, 0.29) is 0 Å². The third kappa shape index (κ3) is 2.31. The van der Waals surface area contributed by atoms with Crippen LogP contribution in [0.2, 0.25) is 0 Å². The third-order valence-electron chi connectivity index (χ3n) is 2.00. The molecular weight excluding hydrogens is 202 g/mol. The second-order valence-corrected chi connectivity index (χ2v) is 3.34. The van der Waals surface area contributed by atoms with E-state index in [2.05, 4.69) is 25.3 Å². The highest BCUT2D eigenvalue weighted by Crippen LogP contribution is 2.14. The van der Waals surface area contributed by atoms with Crippen molar-refractivity contribution in [1.82, 2.24) is 19.9 Å². The molecule has 16 heavy (non-hydrogen) atoms. The molecule has 0 unspecified atom stereocenters. The van der Waals surface area contributed by atoms with Gasteiger partial charge in [-0.1, -0.05) is 0 Å². The minimum atomic E-state index is 0.601. The first-order chi connectivity index (χ1) is 7.79. The average Bonchev–Trinajstić information content (AvgIpc) is 2.30. The lowest BCUT2D eigenvalue weighted by molar-refractivity contribution is 1.06. The van der Waals surface area contributed by atoms with Gasteiger partial charge in [0.25, 0.3) is 0 Å². The molecule has 82 valence electrons. The summed E-state index contributed by atoms with van der Waals surface area (Å²) >= 11 is 0. The molecule has 2 rings (SSSR count). The van der Waals surface area contributed by atoms with E-state index < -0.39 is 0 Å². The molecule has 0 aliphatic heterocycles. The zero-order valence-corrected chi connectivity index (χ0v) is 9.31. The molecule has 0 saturated heterocycles. The Hall–Kier alpha value is -2.04. The Balaban J connectivity index is 2.41. The van der Waals surface area contributed by atoms with E-state index in [4.69, 9.17) is 0 Å². The van der Waals surface area contributed by atoms with Crippen molar-refractivity contribution < 1.29 is 0 Å². The first kappa shape index (κ1) is 10.5. The Morgan fingerprint density at radius 1 is 1.25 bits per heavy atom. The molecule has 0 aliphatic rings. The number of aryl methyl sites for hydroxylation is 1. The summed E-state index contributed by atoms with van der Waals surface area (Å²) in [5.74, 6) is 1.42. The number of nitrogens with one attached hydrogen (secondary N) is 1. The van der Waals surface area contributed by atoms with Gasteiger partial charge in [0, 0.05) is 30.7 Å². The molecule has 0 aromatic carbocycles. The van der Waals surface area contributed by atoms with Gasteiger partial charge in [-0.15, -0.1) is 0 Å². The maximum absolute atomic E-state index is 4.37. The normalized spacial score (nSPS) is 10.1. The highest BCUT2D eigenvalue weighted by molar-refractivity contribution is 5.51. The van der Waals surface area contributed by atoms with Crippen molar-refractivity contribution in [3.05, 3.63) is 30.4 Å². The average molecular weight is 215 g/mol. The summed E-state index contributed by atoms with van der Waals surface area (Å²) in [6, 6.07) is 1.91. The molecule has 1 N–H and O–H groups in total. The van der Waals surface area contributed by atoms with E-state index in [0.29, 0.717) is 11.5 Å². The molecular formula is C11H13N5. The van der Waals surface area contributed by atoms with E-state index in [9.17, 15) is 0 Å². The fraction of sp³-hybridized carbons (Fsp3) is 0.273. The lowest BCUT2D eigenvalue weighted by atomic mass is 10.3. The van der Waals surface area contributed by atoms with E-state index in [0.717, 1.165) is 18.1 Å². The molecule has 5 heteroatoms. The summed E-state index contributed by atoms with van der Waals surface area (Å²) in [5, 5.41) is 3.16. The summed E-state index contributed by atoms with van der Waals surface area (Å²) in [4.78, 5) is 16.9. The SMILES string of the molecule is CCNc1cc(C)nc(-c2cnccn2)n1. The molecule has 5 nitrogen and oxygen atoms in total. The van der Waals surface area contributed by atoms with Gasteiger partial charge in [0.2, 0.25) is 0 Å². The fourth-order valence-electron chi connectivity index (χ4n) is 1.37. The van der Waals surface area contributed by atoms with Crippen molar-refractivity contribution in [2.45, 2.75) is 13.8 Å². The molecule has 0 atom stereocenters. The Bertz CT molecular complexity index is 469. The van der Waals surface area contributed by atoms with Gasteiger partial charge in [0.15, 0.2) is 5.82 Å². The number of hydrogen-bond acceptors (Lipinski definition) is 5. The van der Waals surface area contributed by atoms with Gasteiger partial charge in [-0.25, -0.2) is 15.0 Å². The molecule has 0 aliphatic carbocycles. The Labute approximate surface area is 94.0 Å². The smallest absolute Gasteiger partial charge is 0.182 e. The number of rotatable bonds is 3. The summed E-state index contributed by atoms with van der Waals surface area (Å²) in [5.41, 5.74) is 1.59. The van der Waals surface area contributed by atoms with Gasteiger partial charge in [0.1, 0.15) is 11.5 Å². The highest BCUT2D eigenvalue weighted by atomic mass is 15.0. The van der Waals surface area contributed by atoms with Crippen molar-refractivity contribution in [1.29, 1.82) is 0 Å². The van der Waals surface area contributed by atoms with Crippen LogP contribution >= 0.6 is 0 Å². The van der Waals surface area contributed by atoms with Crippen LogP contribution in [0.25, 0.3) is 11.5 Å². The van der Waals surface area contributed by atoms with Crippen molar-refractivity contribution in [3.8, 4) is 11.5 Å². The zero-order valence-electron chi connectivity index (χ0n) is 9.31. The minimum Gasteiger partial charge on any atom is -0.370 e. The molecule has 2 heterocycles. The molecule has 0 saturated carbocycles. The summed E-state index contributed by atoms with van der Waals surface area (Å²) in [7, 11) is 0. The molecule has 2 aromatic heterocycles. The fourth-order valence-corrected chi connectivity index (χ4v) is 1.37. The number of anilines is 1. The van der Waals surface area contributed by atoms with Gasteiger partial charge in [-0.05, 0) is 13.8 Å². The lowest BCUT2D eigenvalue weighted by Gasteiger charge is -2.05. The predicted octanol–water partition coefficient (Wildman–Crippen LogP) is 1.67. The summed E-state index contributed by atoms with van der Waals surface area (Å²) < 4.78 is 0. The predicted molar refractivity (Wildman–Crippen MR) is 62.0 cm³/mol. The van der Waals surface area contributed by atoms with E-state index in [1.54, 1.807) is 18.6 Å². The van der Waals surface area contributed by atoms with Crippen LogP contribution < -0.4 is 5.32 Å². The Morgan fingerprint density at radius 3 is 2.81 bits per heavy atom. The topological polar surface area (TPSA) is 63.6 Å². The molecule has 0 bridgehead atoms. The number of nitrogens with zero attached hydrogens (tertiary/aromatic N) is 4. The van der Waals surface area contributed by atoms with Crippen LogP contribution in [-0.2, 0) is 0 Å². The van der Waals surface area contributed by atoms with Gasteiger partial charge >= 0.3 is 0 Å². The van der Waals surface area contributed by atoms with Crippen LogP contribution in [0.4, 0.5) is 5.82 Å². The Kier molecular flexibility index (Phi) is 3.05. The van der Waals surface area contributed by atoms with Gasteiger partial charge in [-0.2, -0.15) is 0 Å². The molecule has 0 fully saturated rings. The maximum Gasteiger partial charge on any atom is 0.182 e. The summed E-state index contributed by atoms with van der Waals surface area (Å²) in [6.07, 6.45) is 4.92. The van der Waals surface area contributed by atoms with Gasteiger partial charge in [-0.3, -0.25) is 4.98 Å². The first-order valence-corrected chi connectivity index (χ1v) is 5.15. The van der Waals surface area contributed by atoms with E-state index >= 15 is 0 Å². The van der Waals surface area contributed by atoms with Crippen LogP contribution in [0.3, 0.4) is 0 Å². The van der Waals surface area contributed by atoms with Crippen molar-refractivity contribution in [2.75, 3.05) is 11.9 Å². The van der Waals surface area contributed by atoms with Crippen LogP contribution in [-0.4, -0.2) is 26.5 Å². The number of aromatic nitrogens is 4. The van der Waals surface area contributed by atoms with Crippen LogP contribution in [0.1, 0.15) is 12.6 Å². The molecule has 0 radical (unpaired) electrons. The van der Waals surface area contributed by atoms with Crippen LogP contribution in [0, 0.1) is 6.92 Å². The van der Waals surface area contributed by atoms with Crippen molar-refractivity contribution in [2.24, 2.45) is 0 Å². The summed E-state index contributed by atoms with van der Waals surface area (Å²) in [6.45, 7) is 4.79. The second kappa shape index (κ2) is 4.65. The number of hydrogen-bond donors (Lipinski definition) is 1. The first-order valence-electron chi connectivity index (χ1n) is 5.15. The highest BCUT2D eigenvalue weighted by Gasteiger charge is 2.05. The van der Waals surface area contributed by atoms with Crippen molar-refractivity contribution in [3.63, 3.8) is 0 Å². The van der Waals surface area contributed by atoms with Crippen molar-refractivity contribution >= 4 is 5.82 Å². The third-order valence-corrected chi connectivity index (χ3v) is 2.00. The standard InChI is InChI=1S/C11H13N5/c1-3-13-10-6-8(2)15-11(16-10)9-7-12-4-5-14-9/h4-7H,3H2,1-2H3,(H,13,15,16). The quantitative estimate of drug-likeness (QED) is 0.843. The van der Waals surface area contributed by atoms with E-state index in [1.807, 2.05) is 19.9 Å². The zero-order chi connectivity index (χ0) is 11.4. The van der Waals surface area contributed by atoms with E-state index in [1.165, 1.54) is 0 Å². The second-order valence-electron chi connectivity index (χ2n) is 3.34. The lowest BCUT2D eigenvalue weighted by Crippen LogP contribution is -2.03. The minimum absolute atomic E-state index is 0.601. The Morgan fingerprint density at radius 2 is 2.12 bits per heavy atom. The van der Waals surface area contributed by atoms with Gasteiger partial charge in [0.05, 0.1) is 6.20 Å². The monoisotopic (exact) mass is 215 g/mol. The maximum atomic E-state index is 4.37. The van der Waals surface area contributed by atoms with Gasteiger partial charge < -0.3 is 5.32 Å². The molecule has 2 aromatic rings. The van der Waals surface area contributed by atoms with Crippen LogP contribution in [0.15, 0.2) is 24.7 Å². The molecule has 0 amide bonds.